The number of likely N-dealkylation sites (N-methyl/N-ethyl adjacent to an activating group) is 1. The first-order chi connectivity index (χ1) is 9.79. The Labute approximate surface area is 121 Å². The van der Waals surface area contributed by atoms with E-state index in [1.165, 1.54) is 22.3 Å². The third-order valence-corrected chi connectivity index (χ3v) is 4.13. The van der Waals surface area contributed by atoms with Gasteiger partial charge in [0.05, 0.1) is 12.6 Å². The highest BCUT2D eigenvalue weighted by Gasteiger charge is 2.25. The molecular weight excluding hydrogens is 246 g/mol. The molecule has 0 bridgehead atoms. The predicted molar refractivity (Wildman–Crippen MR) is 81.8 cm³/mol. The number of fused-ring (bicyclic) bond motifs is 1. The standard InChI is InChI=1S/C18H21NO/c1-19-12-11-15-5-3-4-6-17(15)18(19)16-9-7-14(8-10-16)13-20-2/h3-10,18H,11-13H2,1-2H3. The van der Waals surface area contributed by atoms with Gasteiger partial charge in [-0.05, 0) is 35.7 Å². The molecule has 20 heavy (non-hydrogen) atoms. The molecule has 2 nitrogen and oxygen atoms in total. The van der Waals surface area contributed by atoms with Gasteiger partial charge in [-0.3, -0.25) is 4.90 Å². The van der Waals surface area contributed by atoms with Crippen molar-refractivity contribution in [1.82, 2.24) is 4.90 Å². The monoisotopic (exact) mass is 267 g/mol. The molecule has 0 N–H and O–H groups in total. The van der Waals surface area contributed by atoms with E-state index in [2.05, 4.69) is 60.5 Å². The van der Waals surface area contributed by atoms with Crippen LogP contribution in [0.3, 0.4) is 0 Å². The third-order valence-electron chi connectivity index (χ3n) is 4.13. The lowest BCUT2D eigenvalue weighted by molar-refractivity contribution is 0.185. The van der Waals surface area contributed by atoms with Gasteiger partial charge in [-0.1, -0.05) is 48.5 Å². The molecule has 0 fully saturated rings. The van der Waals surface area contributed by atoms with Crippen molar-refractivity contribution in [1.29, 1.82) is 0 Å². The lowest BCUT2D eigenvalue weighted by Gasteiger charge is -2.35. The van der Waals surface area contributed by atoms with Crippen molar-refractivity contribution in [3.63, 3.8) is 0 Å². The Hall–Kier alpha value is -1.64. The lowest BCUT2D eigenvalue weighted by Crippen LogP contribution is -2.32. The molecule has 0 radical (unpaired) electrons. The fourth-order valence-electron chi connectivity index (χ4n) is 3.09. The first-order valence-corrected chi connectivity index (χ1v) is 7.15. The van der Waals surface area contributed by atoms with Crippen LogP contribution in [0.15, 0.2) is 48.5 Å². The molecule has 2 aromatic carbocycles. The molecule has 0 spiro atoms. The van der Waals surface area contributed by atoms with E-state index >= 15 is 0 Å². The van der Waals surface area contributed by atoms with Crippen LogP contribution < -0.4 is 0 Å². The zero-order valence-corrected chi connectivity index (χ0v) is 12.2. The molecule has 0 saturated carbocycles. The third kappa shape index (κ3) is 2.49. The summed E-state index contributed by atoms with van der Waals surface area (Å²) in [7, 11) is 3.95. The van der Waals surface area contributed by atoms with Crippen LogP contribution in [-0.2, 0) is 17.8 Å². The highest BCUT2D eigenvalue weighted by Crippen LogP contribution is 2.33. The van der Waals surface area contributed by atoms with Crippen LogP contribution in [0.25, 0.3) is 0 Å². The molecule has 0 amide bonds. The van der Waals surface area contributed by atoms with Gasteiger partial charge >= 0.3 is 0 Å². The van der Waals surface area contributed by atoms with Crippen LogP contribution in [0.5, 0.6) is 0 Å². The summed E-state index contributed by atoms with van der Waals surface area (Å²) in [5, 5.41) is 0. The minimum Gasteiger partial charge on any atom is -0.380 e. The minimum absolute atomic E-state index is 0.372. The molecule has 2 heteroatoms. The van der Waals surface area contributed by atoms with Crippen molar-refractivity contribution < 1.29 is 4.74 Å². The number of ether oxygens (including phenoxy) is 1. The summed E-state index contributed by atoms with van der Waals surface area (Å²) < 4.78 is 5.18. The molecule has 1 heterocycles. The van der Waals surface area contributed by atoms with E-state index in [-0.39, 0.29) is 0 Å². The zero-order valence-electron chi connectivity index (χ0n) is 12.2. The summed E-state index contributed by atoms with van der Waals surface area (Å²) in [4.78, 5) is 2.44. The molecule has 1 unspecified atom stereocenters. The second-order valence-corrected chi connectivity index (χ2v) is 5.51. The van der Waals surface area contributed by atoms with Crippen LogP contribution >= 0.6 is 0 Å². The van der Waals surface area contributed by atoms with Crippen LogP contribution in [0.2, 0.25) is 0 Å². The van der Waals surface area contributed by atoms with Gasteiger partial charge in [-0.25, -0.2) is 0 Å². The molecule has 104 valence electrons. The maximum Gasteiger partial charge on any atom is 0.0713 e. The second kappa shape index (κ2) is 5.78. The molecule has 1 aliphatic heterocycles. The largest absolute Gasteiger partial charge is 0.380 e. The van der Waals surface area contributed by atoms with Crippen LogP contribution in [0, 0.1) is 0 Å². The Balaban J connectivity index is 1.96. The Kier molecular flexibility index (Phi) is 3.86. The summed E-state index contributed by atoms with van der Waals surface area (Å²) in [5.41, 5.74) is 5.51. The van der Waals surface area contributed by atoms with Crippen LogP contribution in [0.4, 0.5) is 0 Å². The molecule has 1 aliphatic rings. The normalized spacial score (nSPS) is 18.8. The number of nitrogens with zero attached hydrogens (tertiary/aromatic N) is 1. The fourth-order valence-corrected chi connectivity index (χ4v) is 3.09. The topological polar surface area (TPSA) is 12.5 Å². The molecule has 0 saturated heterocycles. The smallest absolute Gasteiger partial charge is 0.0713 e. The van der Waals surface area contributed by atoms with Gasteiger partial charge in [0.25, 0.3) is 0 Å². The molecular formula is C18H21NO. The number of hydrogen-bond donors (Lipinski definition) is 0. The summed E-state index contributed by atoms with van der Waals surface area (Å²) in [6.45, 7) is 1.79. The van der Waals surface area contributed by atoms with E-state index < -0.39 is 0 Å². The quantitative estimate of drug-likeness (QED) is 0.845. The number of hydrogen-bond acceptors (Lipinski definition) is 2. The van der Waals surface area contributed by atoms with Crippen molar-refractivity contribution in [3.8, 4) is 0 Å². The molecule has 0 aliphatic carbocycles. The van der Waals surface area contributed by atoms with Crippen LogP contribution in [-0.4, -0.2) is 25.6 Å². The van der Waals surface area contributed by atoms with Crippen LogP contribution in [0.1, 0.15) is 28.3 Å². The van der Waals surface area contributed by atoms with E-state index in [1.807, 2.05) is 0 Å². The molecule has 3 rings (SSSR count). The van der Waals surface area contributed by atoms with Gasteiger partial charge in [0, 0.05) is 13.7 Å². The average Bonchev–Trinajstić information content (AvgIpc) is 2.49. The fraction of sp³-hybridized carbons (Fsp3) is 0.333. The van der Waals surface area contributed by atoms with Gasteiger partial charge < -0.3 is 4.74 Å². The van der Waals surface area contributed by atoms with E-state index in [4.69, 9.17) is 4.74 Å². The summed E-state index contributed by atoms with van der Waals surface area (Å²) in [6, 6.07) is 18.0. The molecule has 2 aromatic rings. The van der Waals surface area contributed by atoms with Crippen molar-refractivity contribution in [2.24, 2.45) is 0 Å². The zero-order chi connectivity index (χ0) is 13.9. The first kappa shape index (κ1) is 13.3. The summed E-state index contributed by atoms with van der Waals surface area (Å²) in [5.74, 6) is 0. The van der Waals surface area contributed by atoms with E-state index in [0.717, 1.165) is 13.0 Å². The second-order valence-electron chi connectivity index (χ2n) is 5.51. The highest BCUT2D eigenvalue weighted by molar-refractivity contribution is 5.40. The van der Waals surface area contributed by atoms with Gasteiger partial charge in [0.2, 0.25) is 0 Å². The predicted octanol–water partition coefficient (Wildman–Crippen LogP) is 3.41. The highest BCUT2D eigenvalue weighted by atomic mass is 16.5. The van der Waals surface area contributed by atoms with E-state index in [0.29, 0.717) is 12.6 Å². The molecule has 1 atom stereocenters. The summed E-state index contributed by atoms with van der Waals surface area (Å²) in [6.07, 6.45) is 1.14. The van der Waals surface area contributed by atoms with E-state index in [9.17, 15) is 0 Å². The van der Waals surface area contributed by atoms with Crippen molar-refractivity contribution in [2.75, 3.05) is 20.7 Å². The Morgan fingerprint density at radius 1 is 1.10 bits per heavy atom. The minimum atomic E-state index is 0.372. The number of rotatable bonds is 3. The maximum atomic E-state index is 5.18. The SMILES string of the molecule is COCc1ccc(C2c3ccccc3CCN2C)cc1. The Bertz CT molecular complexity index is 576. The van der Waals surface area contributed by atoms with Crippen molar-refractivity contribution in [3.05, 3.63) is 70.8 Å². The van der Waals surface area contributed by atoms with Gasteiger partial charge in [-0.2, -0.15) is 0 Å². The first-order valence-electron chi connectivity index (χ1n) is 7.15. The Morgan fingerprint density at radius 3 is 2.60 bits per heavy atom. The van der Waals surface area contributed by atoms with E-state index in [1.54, 1.807) is 7.11 Å². The molecule has 0 aromatic heterocycles. The number of methoxy groups -OCH3 is 1. The van der Waals surface area contributed by atoms with Crippen molar-refractivity contribution >= 4 is 0 Å². The van der Waals surface area contributed by atoms with Gasteiger partial charge in [0.15, 0.2) is 0 Å². The van der Waals surface area contributed by atoms with Gasteiger partial charge in [-0.15, -0.1) is 0 Å². The summed E-state index contributed by atoms with van der Waals surface area (Å²) >= 11 is 0. The average molecular weight is 267 g/mol. The Morgan fingerprint density at radius 2 is 1.85 bits per heavy atom. The lowest BCUT2D eigenvalue weighted by atomic mass is 9.88. The number of benzene rings is 2. The van der Waals surface area contributed by atoms with Gasteiger partial charge in [0.1, 0.15) is 0 Å². The van der Waals surface area contributed by atoms with Crippen molar-refractivity contribution in [2.45, 2.75) is 19.1 Å². The maximum absolute atomic E-state index is 5.18.